The van der Waals surface area contributed by atoms with Crippen molar-refractivity contribution >= 4 is 30.0 Å². The molecule has 0 aliphatic carbocycles. The van der Waals surface area contributed by atoms with E-state index < -0.39 is 0 Å². The Morgan fingerprint density at radius 2 is 1.94 bits per heavy atom. The molecule has 0 atom stereocenters. The van der Waals surface area contributed by atoms with Crippen molar-refractivity contribution < 1.29 is 0 Å². The van der Waals surface area contributed by atoms with Crippen molar-refractivity contribution in [2.45, 2.75) is 13.8 Å². The summed E-state index contributed by atoms with van der Waals surface area (Å²) in [5.41, 5.74) is 17.8. The highest BCUT2D eigenvalue weighted by molar-refractivity contribution is 5.99. The van der Waals surface area contributed by atoms with E-state index in [1.54, 1.807) is 13.1 Å². The Labute approximate surface area is 99.3 Å². The SMILES string of the molecule is CC(=NN=C(N)N)c1cnc(N)nc1C.Cl. The Balaban J connectivity index is 0.00000225. The second-order valence-corrected chi connectivity index (χ2v) is 2.94. The van der Waals surface area contributed by atoms with Gasteiger partial charge < -0.3 is 17.2 Å². The minimum absolute atomic E-state index is 0. The maximum Gasteiger partial charge on any atom is 0.220 e. The highest BCUT2D eigenvalue weighted by Crippen LogP contribution is 2.06. The molecule has 0 saturated carbocycles. The summed E-state index contributed by atoms with van der Waals surface area (Å²) < 4.78 is 0. The first-order valence-electron chi connectivity index (χ1n) is 4.23. The van der Waals surface area contributed by atoms with Crippen LogP contribution >= 0.6 is 12.4 Å². The Hall–Kier alpha value is -1.89. The predicted octanol–water partition coefficient (Wildman–Crippen LogP) is -0.214. The maximum atomic E-state index is 5.42. The average Bonchev–Trinajstić information content (AvgIpc) is 2.14. The molecular formula is C8H14ClN7. The molecule has 8 heteroatoms. The van der Waals surface area contributed by atoms with Crippen molar-refractivity contribution in [3.8, 4) is 0 Å². The lowest BCUT2D eigenvalue weighted by Gasteiger charge is -2.02. The van der Waals surface area contributed by atoms with E-state index in [0.29, 0.717) is 5.71 Å². The Kier molecular flexibility index (Phi) is 5.17. The molecule has 1 heterocycles. The lowest BCUT2D eigenvalue weighted by molar-refractivity contribution is 1.10. The number of hydrogen-bond acceptors (Lipinski definition) is 5. The molecular weight excluding hydrogens is 230 g/mol. The molecule has 16 heavy (non-hydrogen) atoms. The molecule has 0 radical (unpaired) electrons. The minimum Gasteiger partial charge on any atom is -0.369 e. The lowest BCUT2D eigenvalue weighted by atomic mass is 10.2. The summed E-state index contributed by atoms with van der Waals surface area (Å²) in [5.74, 6) is 0.134. The topological polar surface area (TPSA) is 129 Å². The fourth-order valence-electron chi connectivity index (χ4n) is 1.03. The zero-order valence-electron chi connectivity index (χ0n) is 9.01. The highest BCUT2D eigenvalue weighted by Gasteiger charge is 2.04. The van der Waals surface area contributed by atoms with E-state index in [2.05, 4.69) is 20.2 Å². The number of rotatable bonds is 2. The van der Waals surface area contributed by atoms with Crippen LogP contribution in [-0.4, -0.2) is 21.6 Å². The minimum atomic E-state index is -0.0941. The number of aromatic nitrogens is 2. The van der Waals surface area contributed by atoms with Gasteiger partial charge in [-0.2, -0.15) is 5.10 Å². The van der Waals surface area contributed by atoms with Crippen molar-refractivity contribution in [3.05, 3.63) is 17.5 Å². The molecule has 7 nitrogen and oxygen atoms in total. The lowest BCUT2D eigenvalue weighted by Crippen LogP contribution is -2.22. The van der Waals surface area contributed by atoms with E-state index in [9.17, 15) is 0 Å². The van der Waals surface area contributed by atoms with Gasteiger partial charge in [-0.3, -0.25) is 0 Å². The molecule has 88 valence electrons. The van der Waals surface area contributed by atoms with Crippen molar-refractivity contribution in [1.82, 2.24) is 9.97 Å². The molecule has 1 aromatic rings. The van der Waals surface area contributed by atoms with E-state index >= 15 is 0 Å². The average molecular weight is 244 g/mol. The number of anilines is 1. The van der Waals surface area contributed by atoms with Gasteiger partial charge in [0.25, 0.3) is 0 Å². The molecule has 0 aliphatic heterocycles. The van der Waals surface area contributed by atoms with Crippen LogP contribution in [0.15, 0.2) is 16.4 Å². The zero-order chi connectivity index (χ0) is 11.4. The second-order valence-electron chi connectivity index (χ2n) is 2.94. The summed E-state index contributed by atoms with van der Waals surface area (Å²) in [4.78, 5) is 7.86. The molecule has 0 saturated heterocycles. The fraction of sp³-hybridized carbons (Fsp3) is 0.250. The first kappa shape index (κ1) is 14.1. The van der Waals surface area contributed by atoms with Crippen LogP contribution < -0.4 is 17.2 Å². The van der Waals surface area contributed by atoms with Gasteiger partial charge in [-0.15, -0.1) is 17.5 Å². The van der Waals surface area contributed by atoms with E-state index in [4.69, 9.17) is 17.2 Å². The molecule has 1 aromatic heterocycles. The van der Waals surface area contributed by atoms with Crippen LogP contribution in [-0.2, 0) is 0 Å². The molecule has 0 spiro atoms. The van der Waals surface area contributed by atoms with Crippen molar-refractivity contribution in [3.63, 3.8) is 0 Å². The molecule has 0 bridgehead atoms. The third kappa shape index (κ3) is 3.70. The Bertz CT molecular complexity index is 422. The van der Waals surface area contributed by atoms with Crippen LogP contribution in [0.3, 0.4) is 0 Å². The van der Waals surface area contributed by atoms with Gasteiger partial charge in [-0.1, -0.05) is 0 Å². The first-order chi connectivity index (χ1) is 7.00. The van der Waals surface area contributed by atoms with Crippen LogP contribution in [0, 0.1) is 6.92 Å². The van der Waals surface area contributed by atoms with Crippen LogP contribution in [0.5, 0.6) is 0 Å². The molecule has 0 unspecified atom stereocenters. The van der Waals surface area contributed by atoms with E-state index in [-0.39, 0.29) is 24.3 Å². The Morgan fingerprint density at radius 1 is 1.31 bits per heavy atom. The number of hydrogen-bond donors (Lipinski definition) is 3. The van der Waals surface area contributed by atoms with Crippen LogP contribution in [0.25, 0.3) is 0 Å². The summed E-state index contributed by atoms with van der Waals surface area (Å²) >= 11 is 0. The summed E-state index contributed by atoms with van der Waals surface area (Å²) in [5, 5.41) is 7.36. The smallest absolute Gasteiger partial charge is 0.220 e. The van der Waals surface area contributed by atoms with E-state index in [0.717, 1.165) is 11.3 Å². The van der Waals surface area contributed by atoms with Gasteiger partial charge in [-0.05, 0) is 13.8 Å². The molecule has 0 aliphatic rings. The van der Waals surface area contributed by atoms with Crippen LogP contribution in [0.1, 0.15) is 18.2 Å². The summed E-state index contributed by atoms with van der Waals surface area (Å²) in [6.45, 7) is 3.57. The number of guanidine groups is 1. The summed E-state index contributed by atoms with van der Waals surface area (Å²) in [7, 11) is 0. The number of halogens is 1. The van der Waals surface area contributed by atoms with Crippen molar-refractivity contribution in [2.24, 2.45) is 21.7 Å². The quantitative estimate of drug-likeness (QED) is 0.376. The third-order valence-corrected chi connectivity index (χ3v) is 1.70. The van der Waals surface area contributed by atoms with Gasteiger partial charge in [0, 0.05) is 11.8 Å². The molecule has 0 fully saturated rings. The normalized spacial score (nSPS) is 10.5. The van der Waals surface area contributed by atoms with Crippen molar-refractivity contribution in [1.29, 1.82) is 0 Å². The van der Waals surface area contributed by atoms with Gasteiger partial charge in [0.2, 0.25) is 11.9 Å². The van der Waals surface area contributed by atoms with E-state index in [1.807, 2.05) is 6.92 Å². The van der Waals surface area contributed by atoms with Gasteiger partial charge in [-0.25, -0.2) is 9.97 Å². The molecule has 0 amide bonds. The standard InChI is InChI=1S/C8H13N7.ClH/c1-4-6(3-12-8(11)13-4)5(2)14-15-7(9)10;/h3H,1-2H3,(H4,9,10,15)(H2,11,12,13);1H. The summed E-state index contributed by atoms with van der Waals surface area (Å²) in [6, 6.07) is 0. The van der Waals surface area contributed by atoms with Crippen LogP contribution in [0.2, 0.25) is 0 Å². The molecule has 1 rings (SSSR count). The Morgan fingerprint density at radius 3 is 2.44 bits per heavy atom. The highest BCUT2D eigenvalue weighted by atomic mass is 35.5. The number of nitrogens with zero attached hydrogens (tertiary/aromatic N) is 4. The number of aryl methyl sites for hydroxylation is 1. The third-order valence-electron chi connectivity index (χ3n) is 1.70. The van der Waals surface area contributed by atoms with Gasteiger partial charge in [0.15, 0.2) is 0 Å². The van der Waals surface area contributed by atoms with Gasteiger partial charge >= 0.3 is 0 Å². The number of nitrogens with two attached hydrogens (primary N) is 3. The second kappa shape index (κ2) is 5.86. The number of nitrogen functional groups attached to an aromatic ring is 1. The van der Waals surface area contributed by atoms with Crippen LogP contribution in [0.4, 0.5) is 5.95 Å². The molecule has 6 N–H and O–H groups in total. The van der Waals surface area contributed by atoms with Gasteiger partial charge in [0.1, 0.15) is 0 Å². The first-order valence-corrected chi connectivity index (χ1v) is 4.23. The summed E-state index contributed by atoms with van der Waals surface area (Å²) in [6.07, 6.45) is 1.58. The largest absolute Gasteiger partial charge is 0.369 e. The van der Waals surface area contributed by atoms with Gasteiger partial charge in [0.05, 0.1) is 11.4 Å². The van der Waals surface area contributed by atoms with Crippen molar-refractivity contribution in [2.75, 3.05) is 5.73 Å². The zero-order valence-corrected chi connectivity index (χ0v) is 9.82. The fourth-order valence-corrected chi connectivity index (χ4v) is 1.03. The maximum absolute atomic E-state index is 5.42. The van der Waals surface area contributed by atoms with E-state index in [1.165, 1.54) is 0 Å². The predicted molar refractivity (Wildman–Crippen MR) is 66.5 cm³/mol. The monoisotopic (exact) mass is 243 g/mol. The molecule has 0 aromatic carbocycles.